The van der Waals surface area contributed by atoms with Gasteiger partial charge in [-0.1, -0.05) is 31.4 Å². The summed E-state index contributed by atoms with van der Waals surface area (Å²) in [5, 5.41) is 3.77. The van der Waals surface area contributed by atoms with Gasteiger partial charge in [0.2, 0.25) is 0 Å². The molecule has 0 bridgehead atoms. The van der Waals surface area contributed by atoms with Gasteiger partial charge in [0, 0.05) is 17.9 Å². The van der Waals surface area contributed by atoms with Gasteiger partial charge in [-0.3, -0.25) is 9.38 Å². The van der Waals surface area contributed by atoms with Crippen molar-refractivity contribution >= 4 is 11.5 Å². The molecule has 0 saturated heterocycles. The van der Waals surface area contributed by atoms with Crippen molar-refractivity contribution in [2.45, 2.75) is 45.1 Å². The van der Waals surface area contributed by atoms with Gasteiger partial charge in [-0.25, -0.2) is 4.98 Å². The second kappa shape index (κ2) is 6.03. The van der Waals surface area contributed by atoms with Crippen molar-refractivity contribution in [2.24, 2.45) is 0 Å². The Labute approximate surface area is 136 Å². The lowest BCUT2D eigenvalue weighted by Gasteiger charge is -2.24. The number of anilines is 1. The average Bonchev–Trinajstić information content (AvgIpc) is 2.96. The van der Waals surface area contributed by atoms with Crippen LogP contribution in [0.25, 0.3) is 17.0 Å². The van der Waals surface area contributed by atoms with Crippen molar-refractivity contribution in [3.8, 4) is 11.4 Å². The summed E-state index contributed by atoms with van der Waals surface area (Å²) in [6.45, 7) is 2.13. The molecule has 0 aliphatic heterocycles. The fraction of sp³-hybridized carbons (Fsp3) is 0.368. The molecule has 118 valence electrons. The number of nitrogens with one attached hydrogen (secondary N) is 1. The lowest BCUT2D eigenvalue weighted by atomic mass is 9.95. The summed E-state index contributed by atoms with van der Waals surface area (Å²) >= 11 is 0. The highest BCUT2D eigenvalue weighted by atomic mass is 15.2. The Morgan fingerprint density at radius 2 is 1.91 bits per heavy atom. The van der Waals surface area contributed by atoms with Crippen molar-refractivity contribution in [2.75, 3.05) is 5.32 Å². The minimum absolute atomic E-state index is 0.533. The third-order valence-electron chi connectivity index (χ3n) is 4.69. The van der Waals surface area contributed by atoms with Crippen LogP contribution in [0.5, 0.6) is 0 Å². The van der Waals surface area contributed by atoms with Crippen LogP contribution in [-0.4, -0.2) is 20.4 Å². The molecule has 1 aliphatic carbocycles. The van der Waals surface area contributed by atoms with E-state index in [9.17, 15) is 0 Å². The van der Waals surface area contributed by atoms with E-state index in [1.807, 2.05) is 24.4 Å². The predicted octanol–water partition coefficient (Wildman–Crippen LogP) is 4.45. The number of pyridine rings is 2. The van der Waals surface area contributed by atoms with Crippen LogP contribution in [0.1, 0.15) is 37.8 Å². The maximum Gasteiger partial charge on any atom is 0.140 e. The summed E-state index contributed by atoms with van der Waals surface area (Å²) in [6.07, 6.45) is 8.29. The predicted molar refractivity (Wildman–Crippen MR) is 93.7 cm³/mol. The molecule has 3 heterocycles. The first kappa shape index (κ1) is 14.2. The van der Waals surface area contributed by atoms with Crippen LogP contribution in [-0.2, 0) is 0 Å². The number of hydrogen-bond acceptors (Lipinski definition) is 3. The Morgan fingerprint density at radius 1 is 1.04 bits per heavy atom. The molecule has 0 unspecified atom stereocenters. The molecule has 0 aromatic carbocycles. The van der Waals surface area contributed by atoms with E-state index in [1.165, 1.54) is 37.8 Å². The molecule has 0 amide bonds. The Kier molecular flexibility index (Phi) is 3.74. The van der Waals surface area contributed by atoms with E-state index < -0.39 is 0 Å². The van der Waals surface area contributed by atoms with E-state index in [-0.39, 0.29) is 0 Å². The van der Waals surface area contributed by atoms with Gasteiger partial charge in [-0.05, 0) is 44.0 Å². The summed E-state index contributed by atoms with van der Waals surface area (Å²) in [7, 11) is 0. The molecule has 1 saturated carbocycles. The van der Waals surface area contributed by atoms with Gasteiger partial charge in [-0.15, -0.1) is 0 Å². The molecule has 1 aliphatic rings. The summed E-state index contributed by atoms with van der Waals surface area (Å²) in [5.74, 6) is 1.09. The van der Waals surface area contributed by atoms with Crippen LogP contribution in [0.3, 0.4) is 0 Å². The molecule has 1 fully saturated rings. The van der Waals surface area contributed by atoms with Crippen LogP contribution in [0.2, 0.25) is 0 Å². The molecular formula is C19H22N4. The zero-order valence-corrected chi connectivity index (χ0v) is 13.5. The van der Waals surface area contributed by atoms with Crippen molar-refractivity contribution in [1.82, 2.24) is 14.4 Å². The highest BCUT2D eigenvalue weighted by molar-refractivity contribution is 5.74. The maximum atomic E-state index is 4.85. The first-order valence-corrected chi connectivity index (χ1v) is 8.49. The van der Waals surface area contributed by atoms with Crippen LogP contribution >= 0.6 is 0 Å². The number of nitrogens with zero attached hydrogens (tertiary/aromatic N) is 3. The average molecular weight is 306 g/mol. The minimum atomic E-state index is 0.533. The molecule has 3 aromatic heterocycles. The van der Waals surface area contributed by atoms with E-state index in [0.717, 1.165) is 22.9 Å². The van der Waals surface area contributed by atoms with E-state index in [2.05, 4.69) is 39.8 Å². The molecule has 0 radical (unpaired) electrons. The largest absolute Gasteiger partial charge is 0.367 e. The summed E-state index contributed by atoms with van der Waals surface area (Å²) in [6, 6.07) is 12.8. The molecule has 0 atom stereocenters. The second-order valence-corrected chi connectivity index (χ2v) is 6.36. The Hall–Kier alpha value is -2.36. The zero-order valence-electron chi connectivity index (χ0n) is 13.5. The molecular weight excluding hydrogens is 284 g/mol. The summed E-state index contributed by atoms with van der Waals surface area (Å²) < 4.78 is 2.22. The minimum Gasteiger partial charge on any atom is -0.367 e. The summed E-state index contributed by atoms with van der Waals surface area (Å²) in [5.41, 5.74) is 4.04. The van der Waals surface area contributed by atoms with Crippen LogP contribution in [0, 0.1) is 6.92 Å². The van der Waals surface area contributed by atoms with Gasteiger partial charge < -0.3 is 5.32 Å². The van der Waals surface area contributed by atoms with Gasteiger partial charge in [-0.2, -0.15) is 0 Å². The van der Waals surface area contributed by atoms with Crippen molar-refractivity contribution in [3.05, 3.63) is 48.3 Å². The fourth-order valence-electron chi connectivity index (χ4n) is 3.51. The molecule has 4 nitrogen and oxygen atoms in total. The number of hydrogen-bond donors (Lipinski definition) is 1. The number of rotatable bonds is 3. The normalized spacial score (nSPS) is 15.9. The SMILES string of the molecule is Cc1cccc2nc(-c3ccccn3)c(NC3CCCCC3)n12. The number of fused-ring (bicyclic) bond motifs is 1. The van der Waals surface area contributed by atoms with Crippen LogP contribution in [0.4, 0.5) is 5.82 Å². The van der Waals surface area contributed by atoms with Crippen molar-refractivity contribution < 1.29 is 0 Å². The maximum absolute atomic E-state index is 4.85. The molecule has 3 aromatic rings. The Bertz CT molecular complexity index is 801. The van der Waals surface area contributed by atoms with Crippen LogP contribution in [0.15, 0.2) is 42.6 Å². The Balaban J connectivity index is 1.84. The zero-order chi connectivity index (χ0) is 15.6. The number of aryl methyl sites for hydroxylation is 1. The summed E-state index contributed by atoms with van der Waals surface area (Å²) in [4.78, 5) is 9.36. The monoisotopic (exact) mass is 306 g/mol. The molecule has 0 spiro atoms. The Morgan fingerprint density at radius 3 is 2.70 bits per heavy atom. The quantitative estimate of drug-likeness (QED) is 0.777. The first-order chi connectivity index (χ1) is 11.3. The van der Waals surface area contributed by atoms with Gasteiger partial charge in [0.15, 0.2) is 0 Å². The van der Waals surface area contributed by atoms with E-state index in [4.69, 9.17) is 4.98 Å². The lowest BCUT2D eigenvalue weighted by molar-refractivity contribution is 0.461. The van der Waals surface area contributed by atoms with Crippen molar-refractivity contribution in [1.29, 1.82) is 0 Å². The highest BCUT2D eigenvalue weighted by Gasteiger charge is 2.20. The highest BCUT2D eigenvalue weighted by Crippen LogP contribution is 2.31. The fourth-order valence-corrected chi connectivity index (χ4v) is 3.51. The number of imidazole rings is 1. The standard InChI is InChI=1S/C19H22N4/c1-14-8-7-12-17-22-18(16-11-5-6-13-20-16)19(23(14)17)21-15-9-3-2-4-10-15/h5-8,11-13,15,21H,2-4,9-10H2,1H3. The molecule has 1 N–H and O–H groups in total. The third-order valence-corrected chi connectivity index (χ3v) is 4.69. The lowest BCUT2D eigenvalue weighted by Crippen LogP contribution is -2.23. The number of aromatic nitrogens is 3. The van der Waals surface area contributed by atoms with Crippen molar-refractivity contribution in [3.63, 3.8) is 0 Å². The molecule has 4 rings (SSSR count). The van der Waals surface area contributed by atoms with E-state index in [1.54, 1.807) is 0 Å². The molecule has 23 heavy (non-hydrogen) atoms. The van der Waals surface area contributed by atoms with Gasteiger partial charge in [0.1, 0.15) is 17.2 Å². The van der Waals surface area contributed by atoms with E-state index >= 15 is 0 Å². The smallest absolute Gasteiger partial charge is 0.140 e. The van der Waals surface area contributed by atoms with E-state index in [0.29, 0.717) is 6.04 Å². The second-order valence-electron chi connectivity index (χ2n) is 6.36. The third kappa shape index (κ3) is 2.69. The topological polar surface area (TPSA) is 42.2 Å². The van der Waals surface area contributed by atoms with Crippen LogP contribution < -0.4 is 5.32 Å². The first-order valence-electron chi connectivity index (χ1n) is 8.49. The van der Waals surface area contributed by atoms with Gasteiger partial charge in [0.05, 0.1) is 5.69 Å². The van der Waals surface area contributed by atoms with Gasteiger partial charge in [0.25, 0.3) is 0 Å². The molecule has 4 heteroatoms. The van der Waals surface area contributed by atoms with Gasteiger partial charge >= 0.3 is 0 Å².